The normalized spacial score (nSPS) is 21.2. The van der Waals surface area contributed by atoms with E-state index in [2.05, 4.69) is 39.9 Å². The zero-order chi connectivity index (χ0) is 17.1. The average molecular weight is 338 g/mol. The number of pyridine rings is 2. The molecule has 0 aliphatic carbocycles. The van der Waals surface area contributed by atoms with E-state index in [4.69, 9.17) is 9.72 Å². The van der Waals surface area contributed by atoms with Gasteiger partial charge in [0.15, 0.2) is 0 Å². The SMILES string of the molecule is Cc1ccc2c(n1)N(Cc1cccnc1)CCN(C[C@H]1CCOC1)C2. The number of anilines is 1. The topological polar surface area (TPSA) is 41.5 Å². The van der Waals surface area contributed by atoms with Crippen molar-refractivity contribution < 1.29 is 4.74 Å². The molecule has 132 valence electrons. The number of ether oxygens (including phenoxy) is 1. The van der Waals surface area contributed by atoms with E-state index >= 15 is 0 Å². The lowest BCUT2D eigenvalue weighted by Crippen LogP contribution is -2.34. The van der Waals surface area contributed by atoms with Crippen LogP contribution in [0, 0.1) is 12.8 Å². The van der Waals surface area contributed by atoms with Crippen molar-refractivity contribution >= 4 is 5.82 Å². The van der Waals surface area contributed by atoms with Crippen molar-refractivity contribution in [3.05, 3.63) is 53.5 Å². The van der Waals surface area contributed by atoms with Crippen molar-refractivity contribution in [2.24, 2.45) is 5.92 Å². The minimum absolute atomic E-state index is 0.673. The molecule has 5 heteroatoms. The third-order valence-electron chi connectivity index (χ3n) is 5.11. The summed E-state index contributed by atoms with van der Waals surface area (Å²) >= 11 is 0. The summed E-state index contributed by atoms with van der Waals surface area (Å²) in [6.07, 6.45) is 4.97. The molecule has 0 N–H and O–H groups in total. The van der Waals surface area contributed by atoms with E-state index < -0.39 is 0 Å². The first kappa shape index (κ1) is 16.5. The van der Waals surface area contributed by atoms with Crippen LogP contribution in [0.2, 0.25) is 0 Å². The van der Waals surface area contributed by atoms with Crippen LogP contribution in [0.3, 0.4) is 0 Å². The molecule has 2 aromatic heterocycles. The maximum atomic E-state index is 5.56. The third kappa shape index (κ3) is 3.99. The molecule has 2 aliphatic heterocycles. The molecule has 1 atom stereocenters. The molecular formula is C20H26N4O. The molecule has 2 aromatic rings. The standard InChI is InChI=1S/C20H26N4O/c1-16-4-5-19-14-23(12-18-6-10-25-15-18)8-9-24(20(19)22-16)13-17-3-2-7-21-11-17/h2-5,7,11,18H,6,8-10,12-15H2,1H3/t18-/m1/s1. The number of rotatable bonds is 4. The molecule has 5 nitrogen and oxygen atoms in total. The summed E-state index contributed by atoms with van der Waals surface area (Å²) in [6.45, 7) is 8.91. The van der Waals surface area contributed by atoms with Gasteiger partial charge in [0.05, 0.1) is 6.61 Å². The molecule has 4 rings (SSSR count). The van der Waals surface area contributed by atoms with Gasteiger partial charge in [0.25, 0.3) is 0 Å². The largest absolute Gasteiger partial charge is 0.381 e. The Kier molecular flexibility index (Phi) is 4.95. The molecule has 1 saturated heterocycles. The van der Waals surface area contributed by atoms with Crippen molar-refractivity contribution in [1.82, 2.24) is 14.9 Å². The van der Waals surface area contributed by atoms with E-state index in [0.717, 1.165) is 57.4 Å². The first-order chi connectivity index (χ1) is 12.3. The van der Waals surface area contributed by atoms with Gasteiger partial charge in [-0.05, 0) is 37.0 Å². The maximum Gasteiger partial charge on any atom is 0.133 e. The Morgan fingerprint density at radius 2 is 2.20 bits per heavy atom. The number of fused-ring (bicyclic) bond motifs is 1. The number of hydrogen-bond donors (Lipinski definition) is 0. The predicted molar refractivity (Wildman–Crippen MR) is 98.5 cm³/mol. The number of aryl methyl sites for hydroxylation is 1. The van der Waals surface area contributed by atoms with Gasteiger partial charge in [0.1, 0.15) is 5.82 Å². The van der Waals surface area contributed by atoms with Gasteiger partial charge < -0.3 is 9.64 Å². The van der Waals surface area contributed by atoms with Crippen molar-refractivity contribution in [3.8, 4) is 0 Å². The lowest BCUT2D eigenvalue weighted by molar-refractivity contribution is 0.166. The molecule has 4 heterocycles. The first-order valence-corrected chi connectivity index (χ1v) is 9.18. The van der Waals surface area contributed by atoms with Crippen LogP contribution in [-0.4, -0.2) is 47.7 Å². The van der Waals surface area contributed by atoms with E-state index in [1.54, 1.807) is 0 Å². The molecule has 25 heavy (non-hydrogen) atoms. The van der Waals surface area contributed by atoms with Crippen LogP contribution in [0.15, 0.2) is 36.7 Å². The number of hydrogen-bond acceptors (Lipinski definition) is 5. The van der Waals surface area contributed by atoms with Crippen LogP contribution >= 0.6 is 0 Å². The summed E-state index contributed by atoms with van der Waals surface area (Å²) < 4.78 is 5.56. The van der Waals surface area contributed by atoms with Gasteiger partial charge in [-0.3, -0.25) is 9.88 Å². The molecule has 0 unspecified atom stereocenters. The van der Waals surface area contributed by atoms with E-state index in [1.807, 2.05) is 18.5 Å². The lowest BCUT2D eigenvalue weighted by atomic mass is 10.1. The average Bonchev–Trinajstić information content (AvgIpc) is 3.08. The summed E-state index contributed by atoms with van der Waals surface area (Å²) in [7, 11) is 0. The first-order valence-electron chi connectivity index (χ1n) is 9.18. The zero-order valence-corrected chi connectivity index (χ0v) is 14.9. The summed E-state index contributed by atoms with van der Waals surface area (Å²) in [5, 5.41) is 0. The number of nitrogens with zero attached hydrogens (tertiary/aromatic N) is 4. The summed E-state index contributed by atoms with van der Waals surface area (Å²) in [6, 6.07) is 8.52. The van der Waals surface area contributed by atoms with Crippen LogP contribution in [0.4, 0.5) is 5.82 Å². The van der Waals surface area contributed by atoms with E-state index in [0.29, 0.717) is 5.92 Å². The van der Waals surface area contributed by atoms with Gasteiger partial charge in [0.2, 0.25) is 0 Å². The van der Waals surface area contributed by atoms with Crippen LogP contribution in [0.1, 0.15) is 23.2 Å². The van der Waals surface area contributed by atoms with E-state index in [-0.39, 0.29) is 0 Å². The summed E-state index contributed by atoms with van der Waals surface area (Å²) in [5.74, 6) is 1.81. The minimum atomic E-state index is 0.673. The van der Waals surface area contributed by atoms with Gasteiger partial charge >= 0.3 is 0 Å². The Bertz CT molecular complexity index is 700. The smallest absolute Gasteiger partial charge is 0.133 e. The van der Waals surface area contributed by atoms with Gasteiger partial charge in [-0.1, -0.05) is 12.1 Å². The van der Waals surface area contributed by atoms with Crippen LogP contribution in [-0.2, 0) is 17.8 Å². The van der Waals surface area contributed by atoms with E-state index in [9.17, 15) is 0 Å². The second-order valence-electron chi connectivity index (χ2n) is 7.18. The van der Waals surface area contributed by atoms with E-state index in [1.165, 1.54) is 17.5 Å². The van der Waals surface area contributed by atoms with Crippen molar-refractivity contribution in [1.29, 1.82) is 0 Å². The molecule has 2 aliphatic rings. The fourth-order valence-electron chi connectivity index (χ4n) is 3.77. The van der Waals surface area contributed by atoms with Gasteiger partial charge in [0, 0.05) is 63.0 Å². The molecule has 0 saturated carbocycles. The van der Waals surface area contributed by atoms with Crippen molar-refractivity contribution in [2.75, 3.05) is 37.7 Å². The summed E-state index contributed by atoms with van der Waals surface area (Å²) in [5.41, 5.74) is 3.63. The fraction of sp³-hybridized carbons (Fsp3) is 0.500. The highest BCUT2D eigenvalue weighted by Gasteiger charge is 2.25. The fourth-order valence-corrected chi connectivity index (χ4v) is 3.77. The third-order valence-corrected chi connectivity index (χ3v) is 5.11. The highest BCUT2D eigenvalue weighted by atomic mass is 16.5. The molecule has 0 aromatic carbocycles. The second kappa shape index (κ2) is 7.50. The molecule has 0 radical (unpaired) electrons. The van der Waals surface area contributed by atoms with Crippen LogP contribution < -0.4 is 4.90 Å². The van der Waals surface area contributed by atoms with Crippen LogP contribution in [0.25, 0.3) is 0 Å². The highest BCUT2D eigenvalue weighted by Crippen LogP contribution is 2.26. The monoisotopic (exact) mass is 338 g/mol. The lowest BCUT2D eigenvalue weighted by Gasteiger charge is -2.25. The molecule has 0 amide bonds. The Hall–Kier alpha value is -1.98. The molecule has 0 bridgehead atoms. The van der Waals surface area contributed by atoms with Gasteiger partial charge in [-0.2, -0.15) is 0 Å². The molecule has 0 spiro atoms. The minimum Gasteiger partial charge on any atom is -0.381 e. The molecule has 1 fully saturated rings. The predicted octanol–water partition coefficient (Wildman–Crippen LogP) is 2.64. The zero-order valence-electron chi connectivity index (χ0n) is 14.9. The Morgan fingerprint density at radius 1 is 1.24 bits per heavy atom. The Morgan fingerprint density at radius 3 is 3.00 bits per heavy atom. The van der Waals surface area contributed by atoms with Gasteiger partial charge in [-0.15, -0.1) is 0 Å². The summed E-state index contributed by atoms with van der Waals surface area (Å²) in [4.78, 5) is 14.1. The van der Waals surface area contributed by atoms with Crippen molar-refractivity contribution in [2.45, 2.75) is 26.4 Å². The van der Waals surface area contributed by atoms with Crippen LogP contribution in [0.5, 0.6) is 0 Å². The highest BCUT2D eigenvalue weighted by molar-refractivity contribution is 5.49. The quantitative estimate of drug-likeness (QED) is 0.857. The number of aromatic nitrogens is 2. The maximum absolute atomic E-state index is 5.56. The van der Waals surface area contributed by atoms with Gasteiger partial charge in [-0.25, -0.2) is 4.98 Å². The van der Waals surface area contributed by atoms with Crippen molar-refractivity contribution in [3.63, 3.8) is 0 Å². The Balaban J connectivity index is 1.55. The molecular weight excluding hydrogens is 312 g/mol. The Labute approximate surface area is 149 Å². The second-order valence-corrected chi connectivity index (χ2v) is 7.18.